The lowest BCUT2D eigenvalue weighted by Gasteiger charge is -2.23. The largest absolute Gasteiger partial charge is 0.417 e. The van der Waals surface area contributed by atoms with Crippen molar-refractivity contribution in [2.45, 2.75) is 24.9 Å². The molecule has 0 amide bonds. The highest BCUT2D eigenvalue weighted by molar-refractivity contribution is 5.98. The quantitative estimate of drug-likeness (QED) is 0.669. The first-order valence-electron chi connectivity index (χ1n) is 8.39. The van der Waals surface area contributed by atoms with Crippen LogP contribution in [0.2, 0.25) is 0 Å². The van der Waals surface area contributed by atoms with Crippen LogP contribution in [0.5, 0.6) is 0 Å². The van der Waals surface area contributed by atoms with Gasteiger partial charge in [-0.1, -0.05) is 30.3 Å². The van der Waals surface area contributed by atoms with E-state index in [4.69, 9.17) is 0 Å². The first kappa shape index (κ1) is 17.3. The average molecular weight is 369 g/mol. The van der Waals surface area contributed by atoms with E-state index in [1.165, 1.54) is 12.3 Å². The van der Waals surface area contributed by atoms with E-state index in [9.17, 15) is 18.0 Å². The van der Waals surface area contributed by atoms with Crippen molar-refractivity contribution < 1.29 is 18.0 Å². The maximum Gasteiger partial charge on any atom is 0.417 e. The van der Waals surface area contributed by atoms with E-state index in [1.54, 1.807) is 0 Å². The predicted molar refractivity (Wildman–Crippen MR) is 92.1 cm³/mol. The summed E-state index contributed by atoms with van der Waals surface area (Å²) in [6.07, 6.45) is -1.28. The molecule has 136 valence electrons. The number of carbonyl (C=O) groups excluding carboxylic acids is 1. The second-order valence-electron chi connectivity index (χ2n) is 6.42. The van der Waals surface area contributed by atoms with Crippen LogP contribution in [0.15, 0.2) is 54.9 Å². The van der Waals surface area contributed by atoms with Crippen LogP contribution in [0.4, 0.5) is 13.2 Å². The summed E-state index contributed by atoms with van der Waals surface area (Å²) in [6.45, 7) is 0. The lowest BCUT2D eigenvalue weighted by molar-refractivity contribution is -0.137. The first-order chi connectivity index (χ1) is 12.9. The van der Waals surface area contributed by atoms with Crippen LogP contribution in [-0.4, -0.2) is 20.7 Å². The Bertz CT molecular complexity index is 986. The highest BCUT2D eigenvalue weighted by atomic mass is 19.4. The van der Waals surface area contributed by atoms with Gasteiger partial charge in [0, 0.05) is 18.8 Å². The van der Waals surface area contributed by atoms with E-state index in [2.05, 4.69) is 15.0 Å². The maximum absolute atomic E-state index is 12.7. The zero-order chi connectivity index (χ0) is 19.0. The minimum absolute atomic E-state index is 0.0227. The van der Waals surface area contributed by atoms with Crippen LogP contribution in [0, 0.1) is 0 Å². The third-order valence-electron chi connectivity index (χ3n) is 4.63. The van der Waals surface area contributed by atoms with Crippen LogP contribution in [0.25, 0.3) is 11.5 Å². The van der Waals surface area contributed by atoms with Crippen LogP contribution >= 0.6 is 0 Å². The van der Waals surface area contributed by atoms with Gasteiger partial charge in [0.25, 0.3) is 0 Å². The number of nitrogens with zero attached hydrogens (tertiary/aromatic N) is 3. The number of Topliss-reactive ketones (excluding diaryl/α,β-unsaturated/α-hetero) is 1. The number of carbonyl (C=O) groups is 1. The Kier molecular flexibility index (Phi) is 4.22. The summed E-state index contributed by atoms with van der Waals surface area (Å²) in [5.74, 6) is 0.204. The molecule has 0 saturated carbocycles. The molecule has 2 aromatic heterocycles. The molecule has 1 unspecified atom stereocenters. The van der Waals surface area contributed by atoms with Gasteiger partial charge in [0.1, 0.15) is 5.69 Å². The average Bonchev–Trinajstić information content (AvgIpc) is 2.67. The highest BCUT2D eigenvalue weighted by Gasteiger charge is 2.31. The minimum atomic E-state index is -4.45. The van der Waals surface area contributed by atoms with E-state index < -0.39 is 11.7 Å². The van der Waals surface area contributed by atoms with Crippen molar-refractivity contribution in [1.29, 1.82) is 0 Å². The Hall–Kier alpha value is -3.09. The molecule has 27 heavy (non-hydrogen) atoms. The minimum Gasteiger partial charge on any atom is -0.294 e. The van der Waals surface area contributed by atoms with Gasteiger partial charge in [-0.25, -0.2) is 9.97 Å². The number of aromatic nitrogens is 3. The predicted octanol–water partition coefficient (Wildman–Crippen LogP) is 4.47. The molecule has 1 aromatic carbocycles. The number of ketones is 1. The normalized spacial score (nSPS) is 16.9. The summed E-state index contributed by atoms with van der Waals surface area (Å²) in [5.41, 5.74) is 1.54. The number of hydrogen-bond donors (Lipinski definition) is 0. The Balaban J connectivity index is 1.66. The van der Waals surface area contributed by atoms with Crippen LogP contribution in [-0.2, 0) is 12.6 Å². The van der Waals surface area contributed by atoms with Gasteiger partial charge < -0.3 is 0 Å². The van der Waals surface area contributed by atoms with Gasteiger partial charge in [0.2, 0.25) is 0 Å². The zero-order valence-corrected chi connectivity index (χ0v) is 14.1. The molecule has 1 aliphatic rings. The van der Waals surface area contributed by atoms with Crippen LogP contribution < -0.4 is 0 Å². The van der Waals surface area contributed by atoms with E-state index in [0.717, 1.165) is 17.8 Å². The summed E-state index contributed by atoms with van der Waals surface area (Å²) >= 11 is 0. The van der Waals surface area contributed by atoms with Crippen molar-refractivity contribution in [3.05, 3.63) is 77.2 Å². The fourth-order valence-electron chi connectivity index (χ4n) is 3.22. The first-order valence-corrected chi connectivity index (χ1v) is 8.39. The topological polar surface area (TPSA) is 55.7 Å². The summed E-state index contributed by atoms with van der Waals surface area (Å²) < 4.78 is 38.1. The molecule has 1 atom stereocenters. The van der Waals surface area contributed by atoms with E-state index >= 15 is 0 Å². The van der Waals surface area contributed by atoms with Gasteiger partial charge in [-0.3, -0.25) is 9.78 Å². The number of rotatable bonds is 2. The molecule has 0 aliphatic heterocycles. The fraction of sp³-hybridized carbons (Fsp3) is 0.200. The van der Waals surface area contributed by atoms with Gasteiger partial charge in [-0.15, -0.1) is 0 Å². The van der Waals surface area contributed by atoms with E-state index in [0.29, 0.717) is 24.1 Å². The van der Waals surface area contributed by atoms with E-state index in [1.807, 2.05) is 30.3 Å². The Morgan fingerprint density at radius 2 is 1.70 bits per heavy atom. The van der Waals surface area contributed by atoms with Crippen molar-refractivity contribution in [2.75, 3.05) is 0 Å². The molecule has 0 N–H and O–H groups in total. The molecule has 0 spiro atoms. The highest BCUT2D eigenvalue weighted by Crippen LogP contribution is 2.33. The second-order valence-corrected chi connectivity index (χ2v) is 6.42. The van der Waals surface area contributed by atoms with Gasteiger partial charge in [0.15, 0.2) is 11.6 Å². The lowest BCUT2D eigenvalue weighted by atomic mass is 9.82. The third kappa shape index (κ3) is 3.45. The smallest absolute Gasteiger partial charge is 0.294 e. The number of hydrogen-bond acceptors (Lipinski definition) is 4. The monoisotopic (exact) mass is 369 g/mol. The zero-order valence-electron chi connectivity index (χ0n) is 14.1. The van der Waals surface area contributed by atoms with Crippen LogP contribution in [0.3, 0.4) is 0 Å². The van der Waals surface area contributed by atoms with E-state index in [-0.39, 0.29) is 23.2 Å². The molecular formula is C20H14F3N3O. The van der Waals surface area contributed by atoms with Gasteiger partial charge in [-0.05, 0) is 30.0 Å². The lowest BCUT2D eigenvalue weighted by Crippen LogP contribution is -2.21. The van der Waals surface area contributed by atoms with Gasteiger partial charge in [0.05, 0.1) is 16.8 Å². The molecule has 0 saturated heterocycles. The molecule has 1 aliphatic carbocycles. The van der Waals surface area contributed by atoms with Crippen molar-refractivity contribution in [1.82, 2.24) is 15.0 Å². The second kappa shape index (κ2) is 6.57. The van der Waals surface area contributed by atoms with Crippen LogP contribution in [0.1, 0.15) is 39.5 Å². The molecule has 4 nitrogen and oxygen atoms in total. The van der Waals surface area contributed by atoms with Crippen molar-refractivity contribution in [3.8, 4) is 11.5 Å². The fourth-order valence-corrected chi connectivity index (χ4v) is 3.22. The van der Waals surface area contributed by atoms with Crippen molar-refractivity contribution in [3.63, 3.8) is 0 Å². The maximum atomic E-state index is 12.7. The number of benzene rings is 1. The molecule has 0 fully saturated rings. The summed E-state index contributed by atoms with van der Waals surface area (Å²) in [7, 11) is 0. The molecule has 2 heterocycles. The number of alkyl halides is 3. The Morgan fingerprint density at radius 3 is 2.37 bits per heavy atom. The standard InChI is InChI=1S/C20H14F3N3O/c21-20(22,23)14-6-7-16(24-10-14)19-25-11-15-17(26-19)8-13(9-18(15)27)12-4-2-1-3-5-12/h1-7,10-11,13H,8-9H2. The number of fused-ring (bicyclic) bond motifs is 1. The molecule has 0 radical (unpaired) electrons. The summed E-state index contributed by atoms with van der Waals surface area (Å²) in [4.78, 5) is 24.8. The van der Waals surface area contributed by atoms with Gasteiger partial charge in [-0.2, -0.15) is 13.2 Å². The van der Waals surface area contributed by atoms with Gasteiger partial charge >= 0.3 is 6.18 Å². The SMILES string of the molecule is O=C1CC(c2ccccc2)Cc2nc(-c3ccc(C(F)(F)F)cn3)ncc21. The molecule has 7 heteroatoms. The van der Waals surface area contributed by atoms with Crippen molar-refractivity contribution >= 4 is 5.78 Å². The molecule has 0 bridgehead atoms. The Labute approximate surface area is 153 Å². The number of halogens is 3. The van der Waals surface area contributed by atoms with Crippen molar-refractivity contribution in [2.24, 2.45) is 0 Å². The Morgan fingerprint density at radius 1 is 0.926 bits per heavy atom. The molecule has 4 rings (SSSR count). The summed E-state index contributed by atoms with van der Waals surface area (Å²) in [6, 6.07) is 11.9. The summed E-state index contributed by atoms with van der Waals surface area (Å²) in [5, 5.41) is 0. The number of pyridine rings is 1. The molecular weight excluding hydrogens is 355 g/mol. The third-order valence-corrected chi connectivity index (χ3v) is 4.63. The molecule has 3 aromatic rings.